The summed E-state index contributed by atoms with van der Waals surface area (Å²) in [6, 6.07) is 19.2. The van der Waals surface area contributed by atoms with Crippen molar-refractivity contribution < 1.29 is 14.4 Å². The van der Waals surface area contributed by atoms with E-state index in [0.717, 1.165) is 59.9 Å². The third-order valence-electron chi connectivity index (χ3n) is 6.89. The van der Waals surface area contributed by atoms with Crippen LogP contribution < -0.4 is 15.5 Å². The second-order valence-corrected chi connectivity index (χ2v) is 9.42. The molecule has 2 saturated heterocycles. The van der Waals surface area contributed by atoms with E-state index in [2.05, 4.69) is 27.0 Å². The SMILES string of the molecule is Nc1cc(-c2cccnc2)ccc1N1CCOCC1.O=[N+]([O-])c1cc(-c2cccnc2)ccc1N1CCOCC1. The van der Waals surface area contributed by atoms with Crippen molar-refractivity contribution in [3.8, 4) is 22.3 Å². The Morgan fingerprint density at radius 3 is 1.68 bits per heavy atom. The van der Waals surface area contributed by atoms with Gasteiger partial charge in [0.25, 0.3) is 5.69 Å². The summed E-state index contributed by atoms with van der Waals surface area (Å²) in [7, 11) is 0. The van der Waals surface area contributed by atoms with Gasteiger partial charge in [0.15, 0.2) is 0 Å². The highest BCUT2D eigenvalue weighted by atomic mass is 16.6. The predicted molar refractivity (Wildman–Crippen MR) is 156 cm³/mol. The topological polar surface area (TPSA) is 120 Å². The zero-order valence-electron chi connectivity index (χ0n) is 22.2. The molecule has 206 valence electrons. The van der Waals surface area contributed by atoms with Crippen LogP contribution in [-0.4, -0.2) is 67.5 Å². The second kappa shape index (κ2) is 13.0. The van der Waals surface area contributed by atoms with Gasteiger partial charge in [0.05, 0.1) is 42.7 Å². The summed E-state index contributed by atoms with van der Waals surface area (Å²) in [6.45, 7) is 5.88. The van der Waals surface area contributed by atoms with E-state index >= 15 is 0 Å². The lowest BCUT2D eigenvalue weighted by molar-refractivity contribution is -0.384. The number of hydrogen-bond acceptors (Lipinski definition) is 9. The molecule has 0 saturated carbocycles. The maximum Gasteiger partial charge on any atom is 0.293 e. The van der Waals surface area contributed by atoms with Gasteiger partial charge >= 0.3 is 0 Å². The maximum atomic E-state index is 11.4. The van der Waals surface area contributed by atoms with E-state index in [-0.39, 0.29) is 10.6 Å². The van der Waals surface area contributed by atoms with Gasteiger partial charge in [-0.1, -0.05) is 24.3 Å². The van der Waals surface area contributed by atoms with E-state index in [9.17, 15) is 10.1 Å². The first-order valence-corrected chi connectivity index (χ1v) is 13.2. The number of rotatable bonds is 5. The number of benzene rings is 2. The van der Waals surface area contributed by atoms with E-state index in [4.69, 9.17) is 15.2 Å². The minimum absolute atomic E-state index is 0.123. The van der Waals surface area contributed by atoms with E-state index < -0.39 is 0 Å². The molecule has 4 heterocycles. The number of nitro benzene ring substituents is 1. The Balaban J connectivity index is 0.000000162. The van der Waals surface area contributed by atoms with Crippen molar-refractivity contribution in [2.45, 2.75) is 0 Å². The number of aromatic nitrogens is 2. The molecule has 2 N–H and O–H groups in total. The molecule has 2 aliphatic heterocycles. The van der Waals surface area contributed by atoms with Crippen molar-refractivity contribution >= 4 is 22.7 Å². The largest absolute Gasteiger partial charge is 0.397 e. The summed E-state index contributed by atoms with van der Waals surface area (Å²) < 4.78 is 10.7. The third-order valence-corrected chi connectivity index (χ3v) is 6.89. The summed E-state index contributed by atoms with van der Waals surface area (Å²) in [5.74, 6) is 0. The van der Waals surface area contributed by atoms with Crippen molar-refractivity contribution in [3.05, 3.63) is 95.6 Å². The fraction of sp³-hybridized carbons (Fsp3) is 0.267. The Kier molecular flexibility index (Phi) is 8.79. The summed E-state index contributed by atoms with van der Waals surface area (Å²) in [5, 5.41) is 11.4. The van der Waals surface area contributed by atoms with E-state index in [1.807, 2.05) is 53.6 Å². The first kappa shape index (κ1) is 27.0. The van der Waals surface area contributed by atoms with Crippen LogP contribution in [0.5, 0.6) is 0 Å². The fourth-order valence-corrected chi connectivity index (χ4v) is 4.81. The number of nitrogen functional groups attached to an aromatic ring is 1. The standard InChI is InChI=1S/C15H15N3O3.C15H17N3O/c19-18(20)15-10-12(13-2-1-5-16-11-13)3-4-14(15)17-6-8-21-9-7-17;16-14-10-12(13-2-1-5-17-11-13)3-4-15(14)18-6-8-19-9-7-18/h1-5,10-11H,6-9H2;1-5,10-11H,6-9,16H2. The molecule has 10 heteroatoms. The number of anilines is 3. The Bertz CT molecular complexity index is 1410. The third kappa shape index (κ3) is 6.53. The molecule has 0 radical (unpaired) electrons. The van der Waals surface area contributed by atoms with Crippen LogP contribution in [0.4, 0.5) is 22.7 Å². The molecule has 0 aliphatic carbocycles. The number of pyridine rings is 2. The van der Waals surface area contributed by atoms with Gasteiger partial charge in [-0.2, -0.15) is 0 Å². The van der Waals surface area contributed by atoms with Crippen LogP contribution in [0.1, 0.15) is 0 Å². The van der Waals surface area contributed by atoms with Gasteiger partial charge in [0.1, 0.15) is 5.69 Å². The molecule has 0 bridgehead atoms. The molecule has 6 rings (SSSR count). The fourth-order valence-electron chi connectivity index (χ4n) is 4.81. The summed E-state index contributed by atoms with van der Waals surface area (Å²) in [6.07, 6.45) is 7.01. The van der Waals surface area contributed by atoms with Crippen molar-refractivity contribution in [1.82, 2.24) is 9.97 Å². The van der Waals surface area contributed by atoms with Crippen LogP contribution in [0.3, 0.4) is 0 Å². The molecule has 0 spiro atoms. The average molecular weight is 541 g/mol. The van der Waals surface area contributed by atoms with Gasteiger partial charge in [0, 0.05) is 68.2 Å². The highest BCUT2D eigenvalue weighted by Crippen LogP contribution is 2.33. The Labute approximate surface area is 233 Å². The Morgan fingerprint density at radius 1 is 0.700 bits per heavy atom. The molecule has 2 aliphatic rings. The molecule has 4 aromatic rings. The van der Waals surface area contributed by atoms with Crippen LogP contribution in [0.2, 0.25) is 0 Å². The number of ether oxygens (including phenoxy) is 2. The van der Waals surface area contributed by atoms with E-state index in [1.165, 1.54) is 0 Å². The molecule has 0 atom stereocenters. The normalized spacial score (nSPS) is 15.2. The molecule has 0 amide bonds. The van der Waals surface area contributed by atoms with Crippen molar-refractivity contribution in [3.63, 3.8) is 0 Å². The van der Waals surface area contributed by atoms with Gasteiger partial charge < -0.3 is 25.0 Å². The Hall–Kier alpha value is -4.54. The lowest BCUT2D eigenvalue weighted by Gasteiger charge is -2.30. The lowest BCUT2D eigenvalue weighted by atomic mass is 10.1. The molecule has 2 aromatic carbocycles. The number of nitrogens with zero attached hydrogens (tertiary/aromatic N) is 5. The molecule has 40 heavy (non-hydrogen) atoms. The zero-order valence-corrected chi connectivity index (χ0v) is 22.2. The minimum Gasteiger partial charge on any atom is -0.397 e. The molecule has 2 aromatic heterocycles. The summed E-state index contributed by atoms with van der Waals surface area (Å²) in [5.41, 5.74) is 12.7. The summed E-state index contributed by atoms with van der Waals surface area (Å²) >= 11 is 0. The maximum absolute atomic E-state index is 11.4. The Morgan fingerprint density at radius 2 is 1.20 bits per heavy atom. The van der Waals surface area contributed by atoms with Gasteiger partial charge in [0.2, 0.25) is 0 Å². The van der Waals surface area contributed by atoms with Crippen LogP contribution in [0.15, 0.2) is 85.5 Å². The highest BCUT2D eigenvalue weighted by Gasteiger charge is 2.22. The number of nitrogens with two attached hydrogens (primary N) is 1. The highest BCUT2D eigenvalue weighted by molar-refractivity contribution is 5.76. The average Bonchev–Trinajstić information content (AvgIpc) is 3.03. The predicted octanol–water partition coefficient (Wildman–Crippen LogP) is 4.66. The number of morpholine rings is 2. The van der Waals surface area contributed by atoms with Crippen LogP contribution in [0.25, 0.3) is 22.3 Å². The molecule has 10 nitrogen and oxygen atoms in total. The van der Waals surface area contributed by atoms with Crippen LogP contribution in [-0.2, 0) is 9.47 Å². The number of nitro groups is 1. The van der Waals surface area contributed by atoms with Crippen LogP contribution >= 0.6 is 0 Å². The first-order chi connectivity index (χ1) is 19.6. The lowest BCUT2D eigenvalue weighted by Crippen LogP contribution is -2.36. The smallest absolute Gasteiger partial charge is 0.293 e. The van der Waals surface area contributed by atoms with Crippen molar-refractivity contribution in [2.75, 3.05) is 68.1 Å². The quantitative estimate of drug-likeness (QED) is 0.219. The first-order valence-electron chi connectivity index (χ1n) is 13.2. The van der Waals surface area contributed by atoms with Gasteiger partial charge in [-0.05, 0) is 41.5 Å². The molecule has 0 unspecified atom stereocenters. The second-order valence-electron chi connectivity index (χ2n) is 9.42. The van der Waals surface area contributed by atoms with E-state index in [0.29, 0.717) is 32.0 Å². The minimum atomic E-state index is -0.329. The molecular formula is C30H32N6O4. The molecule has 2 fully saturated rings. The van der Waals surface area contributed by atoms with Gasteiger partial charge in [-0.25, -0.2) is 0 Å². The van der Waals surface area contributed by atoms with Gasteiger partial charge in [-0.3, -0.25) is 20.1 Å². The van der Waals surface area contributed by atoms with Crippen molar-refractivity contribution in [1.29, 1.82) is 0 Å². The van der Waals surface area contributed by atoms with E-state index in [1.54, 1.807) is 24.7 Å². The van der Waals surface area contributed by atoms with Crippen molar-refractivity contribution in [2.24, 2.45) is 0 Å². The molecular weight excluding hydrogens is 508 g/mol. The zero-order chi connectivity index (χ0) is 27.7. The van der Waals surface area contributed by atoms with Gasteiger partial charge in [-0.15, -0.1) is 0 Å². The number of hydrogen-bond donors (Lipinski definition) is 1. The summed E-state index contributed by atoms with van der Waals surface area (Å²) in [4.78, 5) is 23.5. The monoisotopic (exact) mass is 540 g/mol. The van der Waals surface area contributed by atoms with Crippen LogP contribution in [0, 0.1) is 10.1 Å².